The minimum Gasteiger partial charge on any atom is -0.476 e. The van der Waals surface area contributed by atoms with E-state index in [1.807, 2.05) is 0 Å². The quantitative estimate of drug-likeness (QED) is 0.814. The van der Waals surface area contributed by atoms with Gasteiger partial charge in [-0.05, 0) is 13.8 Å². The van der Waals surface area contributed by atoms with Gasteiger partial charge >= 0.3 is 5.97 Å². The minimum absolute atomic E-state index is 0.00981. The van der Waals surface area contributed by atoms with Gasteiger partial charge in [-0.15, -0.1) is 0 Å². The molecule has 0 spiro atoms. The van der Waals surface area contributed by atoms with Crippen LogP contribution in [0.2, 0.25) is 0 Å². The van der Waals surface area contributed by atoms with Crippen LogP contribution in [0.15, 0.2) is 21.5 Å². The Morgan fingerprint density at radius 2 is 2.28 bits per heavy atom. The molecule has 2 aromatic rings. The Labute approximate surface area is 101 Å². The van der Waals surface area contributed by atoms with E-state index in [4.69, 9.17) is 9.63 Å². The standard InChI is InChI=1S/C11H11N3O4/c1-3-4-5-14-10(15)8-7(6(2)18-13-8)9(12-14)11(16)17/h3-4H,5H2,1-2H3,(H,16,17)/b4-3+. The Kier molecular flexibility index (Phi) is 2.97. The van der Waals surface area contributed by atoms with Gasteiger partial charge < -0.3 is 9.63 Å². The van der Waals surface area contributed by atoms with Gasteiger partial charge in [-0.3, -0.25) is 4.79 Å². The van der Waals surface area contributed by atoms with Crippen LogP contribution in [-0.2, 0) is 6.54 Å². The summed E-state index contributed by atoms with van der Waals surface area (Å²) >= 11 is 0. The van der Waals surface area contributed by atoms with E-state index >= 15 is 0 Å². The van der Waals surface area contributed by atoms with E-state index in [9.17, 15) is 9.59 Å². The van der Waals surface area contributed by atoms with Crippen molar-refractivity contribution in [3.05, 3.63) is 34.0 Å². The highest BCUT2D eigenvalue weighted by atomic mass is 16.5. The van der Waals surface area contributed by atoms with Gasteiger partial charge in [0.15, 0.2) is 11.2 Å². The number of allylic oxidation sites excluding steroid dienone is 2. The first-order valence-corrected chi connectivity index (χ1v) is 5.27. The normalized spacial score (nSPS) is 11.4. The maximum Gasteiger partial charge on any atom is 0.357 e. The molecule has 0 fully saturated rings. The molecule has 7 heteroatoms. The van der Waals surface area contributed by atoms with Crippen molar-refractivity contribution in [3.63, 3.8) is 0 Å². The predicted octanol–water partition coefficient (Wildman–Crippen LogP) is 0.967. The Bertz CT molecular complexity index is 696. The topological polar surface area (TPSA) is 98.2 Å². The fourth-order valence-corrected chi connectivity index (χ4v) is 1.61. The molecule has 2 rings (SSSR count). The molecule has 0 aliphatic carbocycles. The Morgan fingerprint density at radius 3 is 2.89 bits per heavy atom. The number of rotatable bonds is 3. The van der Waals surface area contributed by atoms with Crippen molar-refractivity contribution in [2.45, 2.75) is 20.4 Å². The van der Waals surface area contributed by atoms with Crippen LogP contribution in [0.1, 0.15) is 23.2 Å². The SMILES string of the molecule is C/C=C/Cn1nc(C(=O)O)c2c(C)onc2c1=O. The average molecular weight is 249 g/mol. The van der Waals surface area contributed by atoms with Gasteiger partial charge in [-0.25, -0.2) is 9.48 Å². The molecule has 0 radical (unpaired) electrons. The zero-order valence-electron chi connectivity index (χ0n) is 9.88. The lowest BCUT2D eigenvalue weighted by molar-refractivity contribution is 0.0690. The largest absolute Gasteiger partial charge is 0.476 e. The van der Waals surface area contributed by atoms with Crippen molar-refractivity contribution in [1.29, 1.82) is 0 Å². The van der Waals surface area contributed by atoms with E-state index < -0.39 is 11.5 Å². The van der Waals surface area contributed by atoms with Crippen molar-refractivity contribution in [2.75, 3.05) is 0 Å². The van der Waals surface area contributed by atoms with Crippen molar-refractivity contribution in [1.82, 2.24) is 14.9 Å². The zero-order valence-corrected chi connectivity index (χ0v) is 9.88. The Morgan fingerprint density at radius 1 is 1.56 bits per heavy atom. The molecule has 2 heterocycles. The number of hydrogen-bond acceptors (Lipinski definition) is 5. The van der Waals surface area contributed by atoms with Gasteiger partial charge in [0, 0.05) is 0 Å². The Hall–Kier alpha value is -2.44. The van der Waals surface area contributed by atoms with E-state index in [0.29, 0.717) is 0 Å². The third kappa shape index (κ3) is 1.79. The van der Waals surface area contributed by atoms with Crippen molar-refractivity contribution < 1.29 is 14.4 Å². The highest BCUT2D eigenvalue weighted by molar-refractivity contribution is 6.00. The van der Waals surface area contributed by atoms with Gasteiger partial charge in [0.05, 0.1) is 11.9 Å². The van der Waals surface area contributed by atoms with Gasteiger partial charge in [0.25, 0.3) is 5.56 Å². The van der Waals surface area contributed by atoms with E-state index in [-0.39, 0.29) is 28.9 Å². The maximum atomic E-state index is 12.0. The van der Waals surface area contributed by atoms with Crippen LogP contribution in [0.4, 0.5) is 0 Å². The van der Waals surface area contributed by atoms with Crippen molar-refractivity contribution in [3.8, 4) is 0 Å². The summed E-state index contributed by atoms with van der Waals surface area (Å²) in [5.74, 6) is -0.953. The van der Waals surface area contributed by atoms with Crippen LogP contribution < -0.4 is 5.56 Å². The van der Waals surface area contributed by atoms with Crippen LogP contribution >= 0.6 is 0 Å². The number of aromatic nitrogens is 3. The average Bonchev–Trinajstić information content (AvgIpc) is 2.71. The third-order valence-corrected chi connectivity index (χ3v) is 2.47. The minimum atomic E-state index is -1.22. The summed E-state index contributed by atoms with van der Waals surface area (Å²) in [6.45, 7) is 3.53. The first kappa shape index (κ1) is 12.0. The third-order valence-electron chi connectivity index (χ3n) is 2.47. The van der Waals surface area contributed by atoms with Crippen molar-refractivity contribution in [2.24, 2.45) is 0 Å². The van der Waals surface area contributed by atoms with Gasteiger partial charge in [-0.1, -0.05) is 17.3 Å². The zero-order chi connectivity index (χ0) is 13.3. The summed E-state index contributed by atoms with van der Waals surface area (Å²) in [5, 5.41) is 16.7. The Balaban J connectivity index is 2.80. The number of carbonyl (C=O) groups is 1. The summed E-state index contributed by atoms with van der Waals surface area (Å²) in [6.07, 6.45) is 3.44. The second-order valence-corrected chi connectivity index (χ2v) is 3.67. The molecule has 18 heavy (non-hydrogen) atoms. The molecule has 0 saturated heterocycles. The molecule has 0 aliphatic rings. The maximum absolute atomic E-state index is 12.0. The van der Waals surface area contributed by atoms with Crippen molar-refractivity contribution >= 4 is 16.9 Å². The van der Waals surface area contributed by atoms with Crippen LogP contribution in [0.5, 0.6) is 0 Å². The molecule has 0 saturated carbocycles. The second kappa shape index (κ2) is 4.44. The molecular formula is C11H11N3O4. The highest BCUT2D eigenvalue weighted by Crippen LogP contribution is 2.17. The predicted molar refractivity (Wildman–Crippen MR) is 62.6 cm³/mol. The molecule has 0 aliphatic heterocycles. The lowest BCUT2D eigenvalue weighted by atomic mass is 10.2. The molecule has 0 amide bonds. The number of carboxylic acids is 1. The number of carboxylic acid groups (broad SMARTS) is 1. The fraction of sp³-hybridized carbons (Fsp3) is 0.273. The van der Waals surface area contributed by atoms with Gasteiger partial charge in [0.2, 0.25) is 0 Å². The smallest absolute Gasteiger partial charge is 0.357 e. The number of hydrogen-bond donors (Lipinski definition) is 1. The summed E-state index contributed by atoms with van der Waals surface area (Å²) in [4.78, 5) is 23.1. The van der Waals surface area contributed by atoms with Crippen LogP contribution in [0.25, 0.3) is 10.9 Å². The van der Waals surface area contributed by atoms with Gasteiger partial charge in [0.1, 0.15) is 5.76 Å². The molecule has 7 nitrogen and oxygen atoms in total. The summed E-state index contributed by atoms with van der Waals surface area (Å²) < 4.78 is 5.91. The first-order chi connectivity index (χ1) is 8.56. The molecule has 94 valence electrons. The van der Waals surface area contributed by atoms with E-state index in [0.717, 1.165) is 4.68 Å². The molecule has 2 aromatic heterocycles. The molecule has 0 aromatic carbocycles. The number of fused-ring (bicyclic) bond motifs is 1. The molecule has 0 bridgehead atoms. The molecule has 0 unspecified atom stereocenters. The van der Waals surface area contributed by atoms with E-state index in [1.54, 1.807) is 26.0 Å². The lowest BCUT2D eigenvalue weighted by Crippen LogP contribution is -2.25. The summed E-state index contributed by atoms with van der Waals surface area (Å²) in [6, 6.07) is 0. The first-order valence-electron chi connectivity index (χ1n) is 5.27. The van der Waals surface area contributed by atoms with E-state index in [2.05, 4.69) is 10.3 Å². The van der Waals surface area contributed by atoms with Crippen LogP contribution in [-0.4, -0.2) is 26.0 Å². The number of aryl methyl sites for hydroxylation is 1. The highest BCUT2D eigenvalue weighted by Gasteiger charge is 2.21. The molecule has 1 N–H and O–H groups in total. The lowest BCUT2D eigenvalue weighted by Gasteiger charge is -2.02. The number of aromatic carboxylic acids is 1. The second-order valence-electron chi connectivity index (χ2n) is 3.67. The fourth-order valence-electron chi connectivity index (χ4n) is 1.61. The van der Waals surface area contributed by atoms with Crippen LogP contribution in [0, 0.1) is 6.92 Å². The van der Waals surface area contributed by atoms with Gasteiger partial charge in [-0.2, -0.15) is 5.10 Å². The summed E-state index contributed by atoms with van der Waals surface area (Å²) in [7, 11) is 0. The molecule has 0 atom stereocenters. The summed E-state index contributed by atoms with van der Waals surface area (Å²) in [5.41, 5.74) is -0.706. The number of nitrogens with zero attached hydrogens (tertiary/aromatic N) is 3. The van der Waals surface area contributed by atoms with Crippen LogP contribution in [0.3, 0.4) is 0 Å². The monoisotopic (exact) mass is 249 g/mol. The van der Waals surface area contributed by atoms with E-state index in [1.165, 1.54) is 0 Å². The molecular weight excluding hydrogens is 238 g/mol.